The van der Waals surface area contributed by atoms with E-state index in [1.807, 2.05) is 0 Å². The molecule has 6 heteroatoms. The number of hydrogen-bond donors (Lipinski definition) is 1. The molecule has 0 unspecified atom stereocenters. The van der Waals surface area contributed by atoms with E-state index in [1.54, 1.807) is 24.3 Å². The second-order valence-electron chi connectivity index (χ2n) is 3.90. The fraction of sp³-hybridized carbons (Fsp3) is 0.250. The van der Waals surface area contributed by atoms with Gasteiger partial charge in [-0.2, -0.15) is 18.3 Å². The molecule has 0 bridgehead atoms. The smallest absolute Gasteiger partial charge is 0.326 e. The number of halogens is 3. The lowest BCUT2D eigenvalue weighted by Crippen LogP contribution is -2.06. The first kappa shape index (κ1) is 12.6. The van der Waals surface area contributed by atoms with Gasteiger partial charge in [0.15, 0.2) is 5.69 Å². The number of benzene rings is 1. The molecular formula is C12H12F3N3. The van der Waals surface area contributed by atoms with E-state index in [1.165, 1.54) is 11.7 Å². The predicted octanol–water partition coefficient (Wildman–Crippen LogP) is 2.56. The number of hydrogen-bond acceptors (Lipinski definition) is 2. The Hall–Kier alpha value is -1.82. The predicted molar refractivity (Wildman–Crippen MR) is 61.5 cm³/mol. The van der Waals surface area contributed by atoms with Gasteiger partial charge in [-0.15, -0.1) is 0 Å². The molecule has 0 aliphatic heterocycles. The Morgan fingerprint density at radius 2 is 1.94 bits per heavy atom. The Balaban J connectivity index is 2.55. The van der Waals surface area contributed by atoms with Crippen molar-refractivity contribution in [2.75, 3.05) is 0 Å². The summed E-state index contributed by atoms with van der Waals surface area (Å²) in [7, 11) is 1.48. The van der Waals surface area contributed by atoms with Crippen molar-refractivity contribution >= 4 is 0 Å². The van der Waals surface area contributed by atoms with Crippen LogP contribution in [-0.4, -0.2) is 9.78 Å². The third-order valence-electron chi connectivity index (χ3n) is 2.68. The van der Waals surface area contributed by atoms with Crippen molar-refractivity contribution in [3.63, 3.8) is 0 Å². The molecule has 0 fully saturated rings. The molecule has 3 nitrogen and oxygen atoms in total. The normalized spacial score (nSPS) is 11.8. The molecule has 0 radical (unpaired) electrons. The van der Waals surface area contributed by atoms with Crippen LogP contribution in [0.1, 0.15) is 11.3 Å². The van der Waals surface area contributed by atoms with Crippen LogP contribution >= 0.6 is 0 Å². The summed E-state index contributed by atoms with van der Waals surface area (Å²) >= 11 is 0. The largest absolute Gasteiger partial charge is 0.435 e. The molecule has 96 valence electrons. The first-order valence-electron chi connectivity index (χ1n) is 5.33. The van der Waals surface area contributed by atoms with E-state index in [0.717, 1.165) is 11.6 Å². The summed E-state index contributed by atoms with van der Waals surface area (Å²) in [5, 5.41) is 3.48. The molecular weight excluding hydrogens is 243 g/mol. The average Bonchev–Trinajstić information content (AvgIpc) is 2.71. The summed E-state index contributed by atoms with van der Waals surface area (Å²) < 4.78 is 39.0. The minimum absolute atomic E-state index is 0.267. The van der Waals surface area contributed by atoms with Gasteiger partial charge in [0.2, 0.25) is 0 Å². The van der Waals surface area contributed by atoms with Crippen LogP contribution in [0.25, 0.3) is 11.3 Å². The second-order valence-corrected chi connectivity index (χ2v) is 3.90. The molecule has 0 aliphatic carbocycles. The topological polar surface area (TPSA) is 43.8 Å². The van der Waals surface area contributed by atoms with E-state index < -0.39 is 11.9 Å². The Morgan fingerprint density at radius 3 is 2.50 bits per heavy atom. The molecule has 0 amide bonds. The van der Waals surface area contributed by atoms with Crippen molar-refractivity contribution in [1.29, 1.82) is 0 Å². The van der Waals surface area contributed by atoms with E-state index >= 15 is 0 Å². The summed E-state index contributed by atoms with van der Waals surface area (Å²) in [4.78, 5) is 0. The van der Waals surface area contributed by atoms with Crippen molar-refractivity contribution in [1.82, 2.24) is 9.78 Å². The van der Waals surface area contributed by atoms with Gasteiger partial charge in [-0.05, 0) is 11.6 Å². The molecule has 18 heavy (non-hydrogen) atoms. The summed E-state index contributed by atoms with van der Waals surface area (Å²) in [5.74, 6) is 0. The van der Waals surface area contributed by atoms with Crippen LogP contribution in [0.5, 0.6) is 0 Å². The maximum absolute atomic E-state index is 12.6. The van der Waals surface area contributed by atoms with Crippen LogP contribution in [0, 0.1) is 0 Å². The first-order valence-corrected chi connectivity index (χ1v) is 5.33. The molecule has 0 saturated carbocycles. The summed E-state index contributed by atoms with van der Waals surface area (Å²) in [6.07, 6.45) is -4.44. The van der Waals surface area contributed by atoms with E-state index in [-0.39, 0.29) is 6.54 Å². The van der Waals surface area contributed by atoms with E-state index in [9.17, 15) is 13.2 Å². The van der Waals surface area contributed by atoms with Crippen molar-refractivity contribution < 1.29 is 13.2 Å². The molecule has 0 spiro atoms. The van der Waals surface area contributed by atoms with Gasteiger partial charge < -0.3 is 5.73 Å². The van der Waals surface area contributed by atoms with E-state index in [2.05, 4.69) is 5.10 Å². The zero-order valence-electron chi connectivity index (χ0n) is 9.70. The fourth-order valence-electron chi connectivity index (χ4n) is 1.81. The number of alkyl halides is 3. The molecule has 1 aromatic heterocycles. The highest BCUT2D eigenvalue weighted by Gasteiger charge is 2.34. The Morgan fingerprint density at radius 1 is 1.28 bits per heavy atom. The zero-order chi connectivity index (χ0) is 13.3. The van der Waals surface area contributed by atoms with Crippen molar-refractivity contribution in [2.45, 2.75) is 12.7 Å². The molecule has 2 rings (SSSR count). The van der Waals surface area contributed by atoms with Gasteiger partial charge in [0.25, 0.3) is 0 Å². The highest BCUT2D eigenvalue weighted by molar-refractivity contribution is 5.64. The zero-order valence-corrected chi connectivity index (χ0v) is 9.70. The van der Waals surface area contributed by atoms with E-state index in [4.69, 9.17) is 5.73 Å². The Bertz CT molecular complexity index is 558. The molecule has 1 aromatic carbocycles. The van der Waals surface area contributed by atoms with Crippen molar-refractivity contribution in [3.05, 3.63) is 41.6 Å². The van der Waals surface area contributed by atoms with Gasteiger partial charge >= 0.3 is 6.18 Å². The second kappa shape index (κ2) is 4.45. The third kappa shape index (κ3) is 2.24. The van der Waals surface area contributed by atoms with Gasteiger partial charge in [-0.1, -0.05) is 24.3 Å². The number of aromatic nitrogens is 2. The van der Waals surface area contributed by atoms with Crippen LogP contribution in [0.3, 0.4) is 0 Å². The van der Waals surface area contributed by atoms with Crippen LogP contribution in [0.2, 0.25) is 0 Å². The summed E-state index contributed by atoms with van der Waals surface area (Å²) in [6.45, 7) is 0.267. The third-order valence-corrected chi connectivity index (χ3v) is 2.68. The van der Waals surface area contributed by atoms with Crippen molar-refractivity contribution in [2.24, 2.45) is 12.8 Å². The van der Waals surface area contributed by atoms with Gasteiger partial charge in [0.1, 0.15) is 0 Å². The first-order chi connectivity index (χ1) is 8.43. The molecule has 2 aromatic rings. The molecule has 0 aliphatic rings. The fourth-order valence-corrected chi connectivity index (χ4v) is 1.81. The van der Waals surface area contributed by atoms with Crippen LogP contribution < -0.4 is 5.73 Å². The van der Waals surface area contributed by atoms with Crippen molar-refractivity contribution in [3.8, 4) is 11.3 Å². The van der Waals surface area contributed by atoms with Crippen LogP contribution in [-0.2, 0) is 19.8 Å². The number of rotatable bonds is 2. The Labute approximate surface area is 102 Å². The number of aryl methyl sites for hydroxylation is 1. The monoisotopic (exact) mass is 255 g/mol. The highest BCUT2D eigenvalue weighted by Crippen LogP contribution is 2.32. The Kier molecular flexibility index (Phi) is 3.13. The molecule has 1 heterocycles. The van der Waals surface area contributed by atoms with Gasteiger partial charge in [0.05, 0.1) is 5.69 Å². The highest BCUT2D eigenvalue weighted by atomic mass is 19.4. The SMILES string of the molecule is Cn1nc(C(F)(F)F)cc1-c1ccccc1CN. The minimum Gasteiger partial charge on any atom is -0.326 e. The van der Waals surface area contributed by atoms with Gasteiger partial charge in [0, 0.05) is 19.2 Å². The number of nitrogens with two attached hydrogens (primary N) is 1. The van der Waals surface area contributed by atoms with E-state index in [0.29, 0.717) is 11.3 Å². The molecule has 0 saturated heterocycles. The summed E-state index contributed by atoms with van der Waals surface area (Å²) in [6, 6.07) is 8.12. The lowest BCUT2D eigenvalue weighted by Gasteiger charge is -2.07. The standard InChI is InChI=1S/C12H12F3N3/c1-18-10(6-11(17-18)12(13,14)15)9-5-3-2-4-8(9)7-16/h2-6H,7,16H2,1H3. The lowest BCUT2D eigenvalue weighted by atomic mass is 10.0. The van der Waals surface area contributed by atoms with Gasteiger partial charge in [-0.25, -0.2) is 0 Å². The maximum atomic E-state index is 12.6. The van der Waals surface area contributed by atoms with Crippen LogP contribution in [0.15, 0.2) is 30.3 Å². The maximum Gasteiger partial charge on any atom is 0.435 e. The summed E-state index contributed by atoms with van der Waals surface area (Å²) in [5.41, 5.74) is 6.55. The number of nitrogens with zero attached hydrogens (tertiary/aromatic N) is 2. The van der Waals surface area contributed by atoms with Gasteiger partial charge in [-0.3, -0.25) is 4.68 Å². The average molecular weight is 255 g/mol. The van der Waals surface area contributed by atoms with Crippen LogP contribution in [0.4, 0.5) is 13.2 Å². The minimum atomic E-state index is -4.44. The lowest BCUT2D eigenvalue weighted by molar-refractivity contribution is -0.141. The quantitative estimate of drug-likeness (QED) is 0.896. The molecule has 2 N–H and O–H groups in total. The molecule has 0 atom stereocenters.